The summed E-state index contributed by atoms with van der Waals surface area (Å²) in [6, 6.07) is 7.69. The highest BCUT2D eigenvalue weighted by atomic mass is 16.7. The van der Waals surface area contributed by atoms with Crippen molar-refractivity contribution in [1.29, 1.82) is 0 Å². The highest BCUT2D eigenvalue weighted by molar-refractivity contribution is 5.83. The molecule has 0 spiro atoms. The molecule has 28 heavy (non-hydrogen) atoms. The zero-order chi connectivity index (χ0) is 19.3. The smallest absolute Gasteiger partial charge is 0.263 e. The van der Waals surface area contributed by atoms with Crippen LogP contribution in [-0.4, -0.2) is 58.8 Å². The summed E-state index contributed by atoms with van der Waals surface area (Å²) in [5.74, 6) is 3.66. The Bertz CT molecular complexity index is 909. The number of ether oxygens (including phenoxy) is 3. The normalized spacial score (nSPS) is 23.2. The number of carbonyl (C=O) groups excluding carboxylic acids is 1. The van der Waals surface area contributed by atoms with Gasteiger partial charge in [-0.3, -0.25) is 4.79 Å². The van der Waals surface area contributed by atoms with Crippen molar-refractivity contribution < 1.29 is 19.0 Å². The second-order valence-corrected chi connectivity index (χ2v) is 7.43. The number of fused-ring (bicyclic) bond motifs is 3. The number of aromatic nitrogens is 2. The van der Waals surface area contributed by atoms with E-state index in [0.29, 0.717) is 17.2 Å². The molecule has 0 saturated carbocycles. The van der Waals surface area contributed by atoms with Crippen LogP contribution in [0.5, 0.6) is 17.2 Å². The lowest BCUT2D eigenvalue weighted by Crippen LogP contribution is -2.71. The zero-order valence-corrected chi connectivity index (χ0v) is 15.9. The molecule has 0 N–H and O–H groups in total. The number of amides is 1. The summed E-state index contributed by atoms with van der Waals surface area (Å²) in [6.45, 7) is 5.48. The highest BCUT2D eigenvalue weighted by Crippen LogP contribution is 2.37. The first-order valence-electron chi connectivity index (χ1n) is 9.51. The number of piperidine rings is 1. The largest absolute Gasteiger partial charge is 0.481 e. The van der Waals surface area contributed by atoms with Gasteiger partial charge >= 0.3 is 0 Å². The average molecular weight is 382 g/mol. The van der Waals surface area contributed by atoms with Crippen LogP contribution in [0.4, 0.5) is 5.82 Å². The lowest BCUT2D eigenvalue weighted by Gasteiger charge is -2.56. The molecule has 146 valence electrons. The van der Waals surface area contributed by atoms with Crippen molar-refractivity contribution in [2.45, 2.75) is 38.5 Å². The first-order chi connectivity index (χ1) is 13.6. The van der Waals surface area contributed by atoms with Gasteiger partial charge in [0.25, 0.3) is 5.91 Å². The molecule has 1 aromatic heterocycles. The van der Waals surface area contributed by atoms with Gasteiger partial charge in [-0.25, -0.2) is 9.97 Å². The number of piperazine rings is 1. The van der Waals surface area contributed by atoms with E-state index < -0.39 is 6.10 Å². The van der Waals surface area contributed by atoms with Gasteiger partial charge < -0.3 is 24.0 Å². The Morgan fingerprint density at radius 2 is 2.00 bits per heavy atom. The Morgan fingerprint density at radius 3 is 2.79 bits per heavy atom. The number of anilines is 1. The van der Waals surface area contributed by atoms with Crippen LogP contribution in [0.2, 0.25) is 0 Å². The molecule has 0 aliphatic carbocycles. The van der Waals surface area contributed by atoms with Crippen LogP contribution < -0.4 is 19.1 Å². The van der Waals surface area contributed by atoms with Gasteiger partial charge in [0.05, 0.1) is 12.1 Å². The minimum Gasteiger partial charge on any atom is -0.481 e. The van der Waals surface area contributed by atoms with Crippen LogP contribution in [0.1, 0.15) is 19.2 Å². The second-order valence-electron chi connectivity index (χ2n) is 7.43. The van der Waals surface area contributed by atoms with E-state index in [-0.39, 0.29) is 24.8 Å². The molecule has 1 aromatic carbocycles. The van der Waals surface area contributed by atoms with Crippen LogP contribution in [0.3, 0.4) is 0 Å². The van der Waals surface area contributed by atoms with E-state index in [1.807, 2.05) is 17.9 Å². The van der Waals surface area contributed by atoms with Crippen molar-refractivity contribution in [3.8, 4) is 17.2 Å². The summed E-state index contributed by atoms with van der Waals surface area (Å²) in [7, 11) is 0. The van der Waals surface area contributed by atoms with Gasteiger partial charge in [-0.2, -0.15) is 0 Å². The number of carbonyl (C=O) groups is 1. The summed E-state index contributed by atoms with van der Waals surface area (Å²) in [5, 5.41) is 0. The van der Waals surface area contributed by atoms with Crippen LogP contribution in [-0.2, 0) is 4.79 Å². The molecule has 2 bridgehead atoms. The van der Waals surface area contributed by atoms with E-state index in [2.05, 4.69) is 14.9 Å². The monoisotopic (exact) mass is 382 g/mol. The predicted octanol–water partition coefficient (Wildman–Crippen LogP) is 1.77. The molecule has 0 radical (unpaired) electrons. The minimum absolute atomic E-state index is 0.0254. The first kappa shape index (κ1) is 17.1. The molecule has 3 atom stereocenters. The fourth-order valence-corrected chi connectivity index (χ4v) is 4.19. The lowest BCUT2D eigenvalue weighted by molar-refractivity contribution is -0.153. The highest BCUT2D eigenvalue weighted by Gasteiger charge is 2.48. The van der Waals surface area contributed by atoms with Gasteiger partial charge in [0.1, 0.15) is 17.4 Å². The summed E-state index contributed by atoms with van der Waals surface area (Å²) in [4.78, 5) is 25.8. The number of aryl methyl sites for hydroxylation is 1. The number of benzene rings is 1. The third kappa shape index (κ3) is 2.89. The van der Waals surface area contributed by atoms with Crippen molar-refractivity contribution in [2.75, 3.05) is 24.8 Å². The van der Waals surface area contributed by atoms with Gasteiger partial charge in [-0.05, 0) is 38.5 Å². The number of hydrogen-bond donors (Lipinski definition) is 0. The fraction of sp³-hybridized carbons (Fsp3) is 0.450. The number of nitrogens with zero attached hydrogens (tertiary/aromatic N) is 4. The molecule has 6 rings (SSSR count). The van der Waals surface area contributed by atoms with Crippen molar-refractivity contribution in [2.24, 2.45) is 0 Å². The Hall–Kier alpha value is -3.03. The number of rotatable bonds is 4. The topological polar surface area (TPSA) is 77.0 Å². The van der Waals surface area contributed by atoms with Crippen molar-refractivity contribution in [3.05, 3.63) is 36.3 Å². The van der Waals surface area contributed by atoms with Gasteiger partial charge in [0.15, 0.2) is 17.6 Å². The third-order valence-corrected chi connectivity index (χ3v) is 5.54. The van der Waals surface area contributed by atoms with Crippen LogP contribution >= 0.6 is 0 Å². The molecule has 8 nitrogen and oxygen atoms in total. The summed E-state index contributed by atoms with van der Waals surface area (Å²) >= 11 is 0. The lowest BCUT2D eigenvalue weighted by atomic mass is 9.86. The van der Waals surface area contributed by atoms with Crippen molar-refractivity contribution in [3.63, 3.8) is 0 Å². The molecule has 8 heteroatoms. The quantitative estimate of drug-likeness (QED) is 0.798. The van der Waals surface area contributed by atoms with E-state index in [0.717, 1.165) is 31.2 Å². The maximum Gasteiger partial charge on any atom is 0.263 e. The van der Waals surface area contributed by atoms with E-state index in [4.69, 9.17) is 14.2 Å². The minimum atomic E-state index is -0.557. The van der Waals surface area contributed by atoms with Crippen LogP contribution in [0.25, 0.3) is 0 Å². The zero-order valence-electron chi connectivity index (χ0n) is 15.9. The predicted molar refractivity (Wildman–Crippen MR) is 101 cm³/mol. The molecule has 3 unspecified atom stereocenters. The Kier molecular flexibility index (Phi) is 3.99. The molecular weight excluding hydrogens is 360 g/mol. The maximum absolute atomic E-state index is 13.0. The standard InChI is InChI=1S/C20H22N4O4/c1-12(28-16-3-4-17-18(8-16)27-11-26-17)20(25)24-14-7-15(24)10-23(9-14)19-5-6-21-13(2)22-19/h3-6,8,12,14-15H,7,9-11H2,1-2H3. The van der Waals surface area contributed by atoms with Crippen LogP contribution in [0.15, 0.2) is 30.5 Å². The molecule has 5 heterocycles. The van der Waals surface area contributed by atoms with Crippen molar-refractivity contribution >= 4 is 11.7 Å². The molecule has 1 amide bonds. The first-order valence-corrected chi connectivity index (χ1v) is 9.51. The third-order valence-electron chi connectivity index (χ3n) is 5.54. The fourth-order valence-electron chi connectivity index (χ4n) is 4.19. The SMILES string of the molecule is Cc1nccc(N2CC3CC(C2)N3C(=O)C(C)Oc2ccc3c(c2)OCO3)n1. The number of hydrogen-bond acceptors (Lipinski definition) is 7. The molecular formula is C20H22N4O4. The summed E-state index contributed by atoms with van der Waals surface area (Å²) in [5.41, 5.74) is 0. The van der Waals surface area contributed by atoms with Crippen LogP contribution in [0, 0.1) is 6.92 Å². The van der Waals surface area contributed by atoms with Gasteiger partial charge in [-0.15, -0.1) is 0 Å². The second kappa shape index (κ2) is 6.54. The Labute approximate surface area is 163 Å². The molecule has 4 aliphatic rings. The molecule has 2 aromatic rings. The molecule has 3 saturated heterocycles. The van der Waals surface area contributed by atoms with E-state index in [9.17, 15) is 4.79 Å². The maximum atomic E-state index is 13.0. The Morgan fingerprint density at radius 1 is 1.21 bits per heavy atom. The average Bonchev–Trinajstić information content (AvgIpc) is 3.16. The van der Waals surface area contributed by atoms with Crippen molar-refractivity contribution in [1.82, 2.24) is 14.9 Å². The molecule has 3 fully saturated rings. The van der Waals surface area contributed by atoms with Gasteiger partial charge in [0, 0.05) is 25.4 Å². The summed E-state index contributed by atoms with van der Waals surface area (Å²) in [6.07, 6.45) is 2.25. The van der Waals surface area contributed by atoms with E-state index >= 15 is 0 Å². The Balaban J connectivity index is 1.23. The van der Waals surface area contributed by atoms with Gasteiger partial charge in [-0.1, -0.05) is 0 Å². The van der Waals surface area contributed by atoms with Gasteiger partial charge in [0.2, 0.25) is 6.79 Å². The molecule has 4 aliphatic heterocycles. The summed E-state index contributed by atoms with van der Waals surface area (Å²) < 4.78 is 16.6. The van der Waals surface area contributed by atoms with E-state index in [1.54, 1.807) is 31.3 Å². The van der Waals surface area contributed by atoms with E-state index in [1.165, 1.54) is 0 Å².